The minimum absolute atomic E-state index is 0.499. The Morgan fingerprint density at radius 1 is 1.50 bits per heavy atom. The summed E-state index contributed by atoms with van der Waals surface area (Å²) in [6, 6.07) is 3.88. The van der Waals surface area contributed by atoms with Crippen molar-refractivity contribution in [3.8, 4) is 6.07 Å². The molecule has 0 saturated carbocycles. The third-order valence-electron chi connectivity index (χ3n) is 2.27. The van der Waals surface area contributed by atoms with Crippen molar-refractivity contribution in [3.05, 3.63) is 17.6 Å². The molecule has 1 heterocycles. The quantitative estimate of drug-likeness (QED) is 0.802. The van der Waals surface area contributed by atoms with Gasteiger partial charge in [-0.25, -0.2) is 9.97 Å². The number of nitriles is 1. The molecule has 0 spiro atoms. The summed E-state index contributed by atoms with van der Waals surface area (Å²) in [5, 5.41) is 8.54. The first-order valence-electron chi connectivity index (χ1n) is 5.35. The summed E-state index contributed by atoms with van der Waals surface area (Å²) in [7, 11) is 0. The molecule has 1 rings (SSSR count). The van der Waals surface area contributed by atoms with Gasteiger partial charge in [0, 0.05) is 24.7 Å². The second kappa shape index (κ2) is 6.03. The second-order valence-electron chi connectivity index (χ2n) is 3.63. The summed E-state index contributed by atoms with van der Waals surface area (Å²) in [5.41, 5.74) is 6.53. The van der Waals surface area contributed by atoms with E-state index in [1.165, 1.54) is 0 Å². The topological polar surface area (TPSA) is 78.8 Å². The average molecular weight is 219 g/mol. The molecular formula is C11H17N5. The third-order valence-corrected chi connectivity index (χ3v) is 2.27. The van der Waals surface area contributed by atoms with Crippen LogP contribution in [0.4, 0.5) is 5.82 Å². The van der Waals surface area contributed by atoms with Crippen LogP contribution in [-0.2, 0) is 6.54 Å². The van der Waals surface area contributed by atoms with Crippen molar-refractivity contribution >= 4 is 5.82 Å². The smallest absolute Gasteiger partial charge is 0.144 e. The van der Waals surface area contributed by atoms with E-state index in [1.54, 1.807) is 6.07 Å². The molecule has 0 unspecified atom stereocenters. The fourth-order valence-corrected chi connectivity index (χ4v) is 1.48. The zero-order chi connectivity index (χ0) is 12.0. The Labute approximate surface area is 95.9 Å². The van der Waals surface area contributed by atoms with Gasteiger partial charge in [0.2, 0.25) is 0 Å². The van der Waals surface area contributed by atoms with Crippen molar-refractivity contribution in [3.63, 3.8) is 0 Å². The van der Waals surface area contributed by atoms with Crippen LogP contribution >= 0.6 is 0 Å². The highest BCUT2D eigenvalue weighted by atomic mass is 15.1. The molecule has 0 radical (unpaired) electrons. The molecule has 0 aliphatic carbocycles. The molecule has 0 bridgehead atoms. The van der Waals surface area contributed by atoms with E-state index in [-0.39, 0.29) is 0 Å². The fourth-order valence-electron chi connectivity index (χ4n) is 1.48. The maximum Gasteiger partial charge on any atom is 0.144 e. The summed E-state index contributed by atoms with van der Waals surface area (Å²) in [6.07, 6.45) is 0.523. The van der Waals surface area contributed by atoms with Gasteiger partial charge in [0.05, 0.1) is 12.6 Å². The third kappa shape index (κ3) is 3.83. The van der Waals surface area contributed by atoms with Crippen LogP contribution in [0.2, 0.25) is 0 Å². The fraction of sp³-hybridized carbons (Fsp3) is 0.545. The standard InChI is InChI=1S/C11H17N5/c1-3-16(6-4-5-12)8-11-14-9(2)7-10(13)15-11/h7H,3-4,6,8H2,1-2H3,(H2,13,14,15). The number of hydrogen-bond donors (Lipinski definition) is 1. The van der Waals surface area contributed by atoms with E-state index in [2.05, 4.69) is 27.9 Å². The van der Waals surface area contributed by atoms with Crippen LogP contribution in [0.15, 0.2) is 6.07 Å². The number of aromatic nitrogens is 2. The van der Waals surface area contributed by atoms with Crippen LogP contribution in [-0.4, -0.2) is 28.0 Å². The monoisotopic (exact) mass is 219 g/mol. The number of rotatable bonds is 5. The average Bonchev–Trinajstić information content (AvgIpc) is 2.22. The Balaban J connectivity index is 2.66. The van der Waals surface area contributed by atoms with Crippen LogP contribution in [0.25, 0.3) is 0 Å². The highest BCUT2D eigenvalue weighted by Gasteiger charge is 2.06. The number of hydrogen-bond acceptors (Lipinski definition) is 5. The SMILES string of the molecule is CCN(CCC#N)Cc1nc(C)cc(N)n1. The maximum absolute atomic E-state index is 8.54. The molecule has 0 aromatic carbocycles. The zero-order valence-corrected chi connectivity index (χ0v) is 9.77. The van der Waals surface area contributed by atoms with E-state index in [1.807, 2.05) is 6.92 Å². The molecule has 2 N–H and O–H groups in total. The van der Waals surface area contributed by atoms with Crippen LogP contribution in [0.5, 0.6) is 0 Å². The van der Waals surface area contributed by atoms with Crippen LogP contribution < -0.4 is 5.73 Å². The molecule has 16 heavy (non-hydrogen) atoms. The van der Waals surface area contributed by atoms with E-state index in [9.17, 15) is 0 Å². The van der Waals surface area contributed by atoms with E-state index in [0.717, 1.165) is 24.6 Å². The summed E-state index contributed by atoms with van der Waals surface area (Å²) < 4.78 is 0. The van der Waals surface area contributed by atoms with Gasteiger partial charge < -0.3 is 5.73 Å². The lowest BCUT2D eigenvalue weighted by Crippen LogP contribution is -2.25. The summed E-state index contributed by atoms with van der Waals surface area (Å²) in [5.74, 6) is 1.22. The number of nitrogens with zero attached hydrogens (tertiary/aromatic N) is 4. The molecule has 0 aliphatic heterocycles. The minimum Gasteiger partial charge on any atom is -0.384 e. The molecule has 0 atom stereocenters. The van der Waals surface area contributed by atoms with E-state index < -0.39 is 0 Å². The summed E-state index contributed by atoms with van der Waals surface area (Å²) in [6.45, 7) is 6.21. The molecule has 86 valence electrons. The van der Waals surface area contributed by atoms with Gasteiger partial charge in [0.25, 0.3) is 0 Å². The van der Waals surface area contributed by atoms with E-state index in [4.69, 9.17) is 11.0 Å². The predicted molar refractivity (Wildman–Crippen MR) is 62.4 cm³/mol. The van der Waals surface area contributed by atoms with Crippen LogP contribution in [0.3, 0.4) is 0 Å². The van der Waals surface area contributed by atoms with Crippen molar-refractivity contribution in [1.82, 2.24) is 14.9 Å². The second-order valence-corrected chi connectivity index (χ2v) is 3.63. The van der Waals surface area contributed by atoms with Crippen molar-refractivity contribution in [1.29, 1.82) is 5.26 Å². The van der Waals surface area contributed by atoms with E-state index in [0.29, 0.717) is 18.8 Å². The Bertz CT molecular complexity index is 362. The summed E-state index contributed by atoms with van der Waals surface area (Å²) in [4.78, 5) is 10.6. The molecule has 0 aliphatic rings. The molecule has 0 fully saturated rings. The minimum atomic E-state index is 0.499. The van der Waals surface area contributed by atoms with Crippen LogP contribution in [0, 0.1) is 18.3 Å². The first-order valence-corrected chi connectivity index (χ1v) is 5.35. The molecular weight excluding hydrogens is 202 g/mol. The van der Waals surface area contributed by atoms with Crippen molar-refractivity contribution < 1.29 is 0 Å². The Kier molecular flexibility index (Phi) is 4.67. The Hall–Kier alpha value is -1.67. The number of nitrogen functional groups attached to an aromatic ring is 1. The van der Waals surface area contributed by atoms with Gasteiger partial charge in [-0.15, -0.1) is 0 Å². The van der Waals surface area contributed by atoms with Gasteiger partial charge in [0.1, 0.15) is 11.6 Å². The first-order chi connectivity index (χ1) is 7.65. The van der Waals surface area contributed by atoms with Gasteiger partial charge in [-0.3, -0.25) is 4.90 Å². The summed E-state index contributed by atoms with van der Waals surface area (Å²) >= 11 is 0. The lowest BCUT2D eigenvalue weighted by molar-refractivity contribution is 0.279. The predicted octanol–water partition coefficient (Wildman–Crippen LogP) is 1.10. The largest absolute Gasteiger partial charge is 0.384 e. The Morgan fingerprint density at radius 3 is 2.81 bits per heavy atom. The van der Waals surface area contributed by atoms with Gasteiger partial charge in [-0.1, -0.05) is 6.92 Å². The van der Waals surface area contributed by atoms with Crippen molar-refractivity contribution in [2.45, 2.75) is 26.8 Å². The molecule has 5 heteroatoms. The van der Waals surface area contributed by atoms with Crippen molar-refractivity contribution in [2.24, 2.45) is 0 Å². The molecule has 5 nitrogen and oxygen atoms in total. The normalized spacial score (nSPS) is 10.4. The number of aryl methyl sites for hydroxylation is 1. The Morgan fingerprint density at radius 2 is 2.25 bits per heavy atom. The first kappa shape index (κ1) is 12.4. The van der Waals surface area contributed by atoms with Crippen LogP contribution in [0.1, 0.15) is 24.9 Å². The van der Waals surface area contributed by atoms with Gasteiger partial charge in [0.15, 0.2) is 0 Å². The molecule has 0 saturated heterocycles. The van der Waals surface area contributed by atoms with E-state index >= 15 is 0 Å². The van der Waals surface area contributed by atoms with Crippen molar-refractivity contribution in [2.75, 3.05) is 18.8 Å². The number of nitrogens with two attached hydrogens (primary N) is 1. The maximum atomic E-state index is 8.54. The number of anilines is 1. The molecule has 1 aromatic rings. The lowest BCUT2D eigenvalue weighted by Gasteiger charge is -2.17. The highest BCUT2D eigenvalue weighted by molar-refractivity contribution is 5.29. The zero-order valence-electron chi connectivity index (χ0n) is 9.77. The molecule has 0 amide bonds. The van der Waals surface area contributed by atoms with Gasteiger partial charge in [-0.2, -0.15) is 5.26 Å². The van der Waals surface area contributed by atoms with Gasteiger partial charge >= 0.3 is 0 Å². The van der Waals surface area contributed by atoms with Gasteiger partial charge in [-0.05, 0) is 13.5 Å². The lowest BCUT2D eigenvalue weighted by atomic mass is 10.3. The highest BCUT2D eigenvalue weighted by Crippen LogP contribution is 2.05. The molecule has 1 aromatic heterocycles.